The van der Waals surface area contributed by atoms with Gasteiger partial charge in [0.15, 0.2) is 0 Å². The lowest BCUT2D eigenvalue weighted by molar-refractivity contribution is -0.125. The van der Waals surface area contributed by atoms with Gasteiger partial charge < -0.3 is 15.0 Å². The van der Waals surface area contributed by atoms with Crippen molar-refractivity contribution in [1.82, 2.24) is 10.2 Å². The molecule has 2 heterocycles. The number of carbonyl (C=O) groups is 2. The van der Waals surface area contributed by atoms with Crippen LogP contribution in [0.5, 0.6) is 0 Å². The Labute approximate surface area is 101 Å². The normalized spacial score (nSPS) is 29.5. The minimum absolute atomic E-state index is 0.0225. The number of nitrogens with zero attached hydrogens (tertiary/aromatic N) is 1. The fourth-order valence-corrected chi connectivity index (χ4v) is 2.36. The molecule has 5 heteroatoms. The Morgan fingerprint density at radius 1 is 1.59 bits per heavy atom. The van der Waals surface area contributed by atoms with Gasteiger partial charge in [-0.2, -0.15) is 0 Å². The average molecular weight is 240 g/mol. The molecule has 2 unspecified atom stereocenters. The summed E-state index contributed by atoms with van der Waals surface area (Å²) in [6.07, 6.45) is 2.19. The number of piperidine rings is 1. The Morgan fingerprint density at radius 2 is 2.41 bits per heavy atom. The summed E-state index contributed by atoms with van der Waals surface area (Å²) in [4.78, 5) is 25.3. The molecule has 0 aromatic carbocycles. The van der Waals surface area contributed by atoms with Crippen molar-refractivity contribution >= 4 is 11.8 Å². The smallest absolute Gasteiger partial charge is 0.317 e. The average Bonchev–Trinajstić information content (AvgIpc) is 2.82. The van der Waals surface area contributed by atoms with Gasteiger partial charge in [-0.05, 0) is 12.8 Å². The van der Waals surface area contributed by atoms with Crippen LogP contribution < -0.4 is 5.32 Å². The molecule has 96 valence electrons. The quantitative estimate of drug-likeness (QED) is 0.776. The number of amides is 2. The number of likely N-dealkylation sites (tertiary alicyclic amines) is 1. The van der Waals surface area contributed by atoms with Crippen molar-refractivity contribution in [1.29, 1.82) is 0 Å². The van der Waals surface area contributed by atoms with Crippen molar-refractivity contribution in [3.05, 3.63) is 0 Å². The maximum Gasteiger partial charge on any atom is 0.317 e. The fourth-order valence-electron chi connectivity index (χ4n) is 2.36. The van der Waals surface area contributed by atoms with Gasteiger partial charge in [0.05, 0.1) is 12.6 Å². The summed E-state index contributed by atoms with van der Waals surface area (Å²) in [6.45, 7) is 4.44. The van der Waals surface area contributed by atoms with E-state index in [0.717, 1.165) is 19.4 Å². The summed E-state index contributed by atoms with van der Waals surface area (Å²) in [5.41, 5.74) is 0. The summed E-state index contributed by atoms with van der Waals surface area (Å²) in [5.74, 6) is 0.315. The molecule has 0 radical (unpaired) electrons. The van der Waals surface area contributed by atoms with Crippen LogP contribution >= 0.6 is 0 Å². The molecule has 0 bridgehead atoms. The van der Waals surface area contributed by atoms with Crippen molar-refractivity contribution in [2.75, 3.05) is 26.3 Å². The summed E-state index contributed by atoms with van der Waals surface area (Å²) in [5, 5.41) is 2.96. The van der Waals surface area contributed by atoms with Crippen molar-refractivity contribution in [2.45, 2.75) is 32.2 Å². The van der Waals surface area contributed by atoms with Gasteiger partial charge in [-0.3, -0.25) is 4.79 Å². The van der Waals surface area contributed by atoms with Gasteiger partial charge in [-0.1, -0.05) is 6.92 Å². The van der Waals surface area contributed by atoms with Crippen LogP contribution in [0.2, 0.25) is 0 Å². The number of rotatable bonds is 2. The predicted octanol–water partition coefficient (Wildman–Crippen LogP) is 0.786. The molecule has 2 saturated heterocycles. The molecule has 1 N–H and O–H groups in total. The second kappa shape index (κ2) is 5.49. The third-order valence-corrected chi connectivity index (χ3v) is 3.56. The Bertz CT molecular complexity index is 300. The van der Waals surface area contributed by atoms with Gasteiger partial charge in [0.2, 0.25) is 0 Å². The Hall–Kier alpha value is -1.10. The molecular weight excluding hydrogens is 220 g/mol. The Balaban J connectivity index is 1.84. The molecule has 2 atom stereocenters. The zero-order chi connectivity index (χ0) is 12.3. The number of hydrogen-bond acceptors (Lipinski definition) is 3. The van der Waals surface area contributed by atoms with E-state index in [1.54, 1.807) is 4.90 Å². The minimum atomic E-state index is -0.0496. The molecule has 2 aliphatic heterocycles. The maximum absolute atomic E-state index is 12.0. The van der Waals surface area contributed by atoms with E-state index in [-0.39, 0.29) is 18.0 Å². The van der Waals surface area contributed by atoms with Gasteiger partial charge in [-0.25, -0.2) is 4.79 Å². The number of nitrogens with one attached hydrogen (secondary N) is 1. The van der Waals surface area contributed by atoms with E-state index in [1.165, 1.54) is 0 Å². The van der Waals surface area contributed by atoms with Crippen molar-refractivity contribution < 1.29 is 14.3 Å². The molecule has 2 aliphatic rings. The van der Waals surface area contributed by atoms with E-state index in [4.69, 9.17) is 4.74 Å². The summed E-state index contributed by atoms with van der Waals surface area (Å²) in [6, 6.07) is 0.0895. The van der Waals surface area contributed by atoms with Crippen molar-refractivity contribution in [2.24, 2.45) is 5.92 Å². The van der Waals surface area contributed by atoms with Gasteiger partial charge in [-0.15, -0.1) is 0 Å². The molecule has 17 heavy (non-hydrogen) atoms. The number of urea groups is 1. The second-order valence-corrected chi connectivity index (χ2v) is 4.78. The number of ketones is 1. The third-order valence-electron chi connectivity index (χ3n) is 3.56. The van der Waals surface area contributed by atoms with Crippen LogP contribution in [0, 0.1) is 5.92 Å². The summed E-state index contributed by atoms with van der Waals surface area (Å²) >= 11 is 0. The van der Waals surface area contributed by atoms with Gasteiger partial charge in [0.1, 0.15) is 5.78 Å². The zero-order valence-corrected chi connectivity index (χ0v) is 10.3. The summed E-state index contributed by atoms with van der Waals surface area (Å²) < 4.78 is 5.22. The molecule has 2 rings (SSSR count). The fraction of sp³-hybridized carbons (Fsp3) is 0.833. The highest BCUT2D eigenvalue weighted by atomic mass is 16.5. The van der Waals surface area contributed by atoms with Crippen LogP contribution in [-0.2, 0) is 9.53 Å². The first-order chi connectivity index (χ1) is 8.20. The van der Waals surface area contributed by atoms with E-state index < -0.39 is 0 Å². The van der Waals surface area contributed by atoms with Gasteiger partial charge in [0.25, 0.3) is 0 Å². The molecular formula is C12H20N2O3. The van der Waals surface area contributed by atoms with E-state index in [0.29, 0.717) is 31.9 Å². The Kier molecular flexibility index (Phi) is 3.99. The molecule has 2 fully saturated rings. The van der Waals surface area contributed by atoms with Crippen LogP contribution in [-0.4, -0.2) is 49.1 Å². The van der Waals surface area contributed by atoms with Crippen molar-refractivity contribution in [3.63, 3.8) is 0 Å². The van der Waals surface area contributed by atoms with E-state index >= 15 is 0 Å². The highest BCUT2D eigenvalue weighted by molar-refractivity contribution is 5.84. The SMILES string of the molecule is CCC1CN(C(=O)NC2CCOC2)CCC1=O. The molecule has 0 aromatic heterocycles. The lowest BCUT2D eigenvalue weighted by Gasteiger charge is -2.32. The standard InChI is InChI=1S/C12H20N2O3/c1-2-9-7-14(5-3-11(9)15)12(16)13-10-4-6-17-8-10/h9-10H,2-8H2,1H3,(H,13,16). The molecule has 0 saturated carbocycles. The molecule has 0 spiro atoms. The van der Waals surface area contributed by atoms with Gasteiger partial charge >= 0.3 is 6.03 Å². The van der Waals surface area contributed by atoms with Crippen molar-refractivity contribution in [3.8, 4) is 0 Å². The topological polar surface area (TPSA) is 58.6 Å². The molecule has 2 amide bonds. The zero-order valence-electron chi connectivity index (χ0n) is 10.3. The largest absolute Gasteiger partial charge is 0.379 e. The molecule has 0 aromatic rings. The van der Waals surface area contributed by atoms with Crippen LogP contribution in [0.1, 0.15) is 26.2 Å². The lowest BCUT2D eigenvalue weighted by Crippen LogP contribution is -2.50. The highest BCUT2D eigenvalue weighted by Crippen LogP contribution is 2.16. The molecule has 5 nitrogen and oxygen atoms in total. The predicted molar refractivity (Wildman–Crippen MR) is 62.7 cm³/mol. The number of hydrogen-bond donors (Lipinski definition) is 1. The lowest BCUT2D eigenvalue weighted by atomic mass is 9.94. The van der Waals surface area contributed by atoms with Crippen LogP contribution in [0.15, 0.2) is 0 Å². The maximum atomic E-state index is 12.0. The molecule has 0 aliphatic carbocycles. The van der Waals surface area contributed by atoms with E-state index in [2.05, 4.69) is 5.32 Å². The first-order valence-corrected chi connectivity index (χ1v) is 6.36. The van der Waals surface area contributed by atoms with Crippen LogP contribution in [0.25, 0.3) is 0 Å². The number of Topliss-reactive ketones (excluding diaryl/α,β-unsaturated/α-hetero) is 1. The third kappa shape index (κ3) is 2.97. The first kappa shape index (κ1) is 12.4. The number of carbonyl (C=O) groups excluding carboxylic acids is 2. The van der Waals surface area contributed by atoms with E-state index in [1.807, 2.05) is 6.92 Å². The monoisotopic (exact) mass is 240 g/mol. The summed E-state index contributed by atoms with van der Waals surface area (Å²) in [7, 11) is 0. The van der Waals surface area contributed by atoms with Crippen LogP contribution in [0.4, 0.5) is 4.79 Å². The first-order valence-electron chi connectivity index (χ1n) is 6.36. The number of ether oxygens (including phenoxy) is 1. The highest BCUT2D eigenvalue weighted by Gasteiger charge is 2.29. The Morgan fingerprint density at radius 3 is 3.06 bits per heavy atom. The van der Waals surface area contributed by atoms with Gasteiger partial charge in [0, 0.05) is 32.0 Å². The minimum Gasteiger partial charge on any atom is -0.379 e. The van der Waals surface area contributed by atoms with E-state index in [9.17, 15) is 9.59 Å². The van der Waals surface area contributed by atoms with Crippen LogP contribution in [0.3, 0.4) is 0 Å². The second-order valence-electron chi connectivity index (χ2n) is 4.78.